The topological polar surface area (TPSA) is 96.6 Å². The largest absolute Gasteiger partial charge is 0.480 e. The molecule has 0 radical (unpaired) electrons. The van der Waals surface area contributed by atoms with Crippen LogP contribution >= 0.6 is 0 Å². The average Bonchev–Trinajstić information content (AvgIpc) is 2.92. The second kappa shape index (κ2) is 6.77. The first kappa shape index (κ1) is 16.0. The van der Waals surface area contributed by atoms with Crippen molar-refractivity contribution in [2.45, 2.75) is 6.04 Å². The molecule has 3 heterocycles. The number of para-hydroxylation sites is 1. The number of nitrogens with zero attached hydrogens (tertiary/aromatic N) is 6. The van der Waals surface area contributed by atoms with Crippen molar-refractivity contribution in [1.29, 1.82) is 0 Å². The first-order chi connectivity index (χ1) is 12.2. The van der Waals surface area contributed by atoms with Crippen LogP contribution in [0.5, 0.6) is 0 Å². The summed E-state index contributed by atoms with van der Waals surface area (Å²) >= 11 is 0. The number of hydrogen-bond donors (Lipinski definition) is 1. The lowest BCUT2D eigenvalue weighted by molar-refractivity contribution is -0.138. The molecule has 2 aliphatic rings. The van der Waals surface area contributed by atoms with Gasteiger partial charge >= 0.3 is 5.97 Å². The van der Waals surface area contributed by atoms with Crippen molar-refractivity contribution in [3.05, 3.63) is 30.3 Å². The maximum Gasteiger partial charge on any atom is 0.317 e. The normalized spacial score (nSPS) is 24.1. The van der Waals surface area contributed by atoms with Crippen LogP contribution < -0.4 is 4.90 Å². The van der Waals surface area contributed by atoms with Crippen molar-refractivity contribution in [3.63, 3.8) is 0 Å². The fraction of sp³-hybridized carbons (Fsp3) is 0.500. The first-order valence-corrected chi connectivity index (χ1v) is 8.33. The van der Waals surface area contributed by atoms with Gasteiger partial charge in [0.15, 0.2) is 0 Å². The molecular formula is C16H20N6O3. The number of carbonyl (C=O) groups is 1. The van der Waals surface area contributed by atoms with E-state index in [0.29, 0.717) is 32.3 Å². The van der Waals surface area contributed by atoms with E-state index in [-0.39, 0.29) is 18.5 Å². The Morgan fingerprint density at radius 1 is 1.20 bits per heavy atom. The van der Waals surface area contributed by atoms with Crippen molar-refractivity contribution < 1.29 is 14.6 Å². The number of carboxylic acid groups (broad SMARTS) is 1. The van der Waals surface area contributed by atoms with Gasteiger partial charge in [-0.2, -0.15) is 4.68 Å². The number of aromatic nitrogens is 4. The molecule has 0 amide bonds. The maximum absolute atomic E-state index is 11.2. The van der Waals surface area contributed by atoms with E-state index in [1.54, 1.807) is 4.68 Å². The second-order valence-electron chi connectivity index (χ2n) is 6.51. The molecule has 0 aliphatic carbocycles. The quantitative estimate of drug-likeness (QED) is 0.820. The predicted molar refractivity (Wildman–Crippen MR) is 88.7 cm³/mol. The molecule has 1 aromatic carbocycles. The zero-order chi connectivity index (χ0) is 17.2. The van der Waals surface area contributed by atoms with Crippen LogP contribution in [0.1, 0.15) is 0 Å². The number of tetrazole rings is 1. The lowest BCUT2D eigenvalue weighted by atomic mass is 10.1. The van der Waals surface area contributed by atoms with Crippen molar-refractivity contribution in [2.75, 3.05) is 44.3 Å². The number of hydrogen-bond acceptors (Lipinski definition) is 7. The Bertz CT molecular complexity index is 736. The van der Waals surface area contributed by atoms with Crippen LogP contribution in [0.15, 0.2) is 30.3 Å². The maximum atomic E-state index is 11.2. The summed E-state index contributed by atoms with van der Waals surface area (Å²) in [4.78, 5) is 15.3. The van der Waals surface area contributed by atoms with Gasteiger partial charge in [0.05, 0.1) is 31.5 Å². The number of fused-ring (bicyclic) bond motifs is 3. The van der Waals surface area contributed by atoms with Gasteiger partial charge in [0.25, 0.3) is 0 Å². The van der Waals surface area contributed by atoms with Crippen molar-refractivity contribution >= 4 is 11.9 Å². The summed E-state index contributed by atoms with van der Waals surface area (Å²) < 4.78 is 7.46. The molecule has 9 nitrogen and oxygen atoms in total. The van der Waals surface area contributed by atoms with Gasteiger partial charge in [-0.15, -0.1) is 0 Å². The summed E-state index contributed by atoms with van der Waals surface area (Å²) in [6.45, 7) is 3.25. The van der Waals surface area contributed by atoms with Crippen molar-refractivity contribution in [2.24, 2.45) is 5.92 Å². The molecule has 0 spiro atoms. The van der Waals surface area contributed by atoms with Gasteiger partial charge in [-0.25, -0.2) is 0 Å². The molecule has 4 rings (SSSR count). The molecule has 2 bridgehead atoms. The highest BCUT2D eigenvalue weighted by atomic mass is 16.5. The van der Waals surface area contributed by atoms with Crippen LogP contribution in [0, 0.1) is 5.92 Å². The second-order valence-corrected chi connectivity index (χ2v) is 6.51. The minimum atomic E-state index is -0.812. The number of carboxylic acids is 1. The number of aliphatic carboxylic acids is 1. The van der Waals surface area contributed by atoms with E-state index in [1.165, 1.54) is 0 Å². The van der Waals surface area contributed by atoms with Crippen LogP contribution in [-0.2, 0) is 9.53 Å². The highest BCUT2D eigenvalue weighted by Gasteiger charge is 2.35. The highest BCUT2D eigenvalue weighted by Crippen LogP contribution is 2.24. The van der Waals surface area contributed by atoms with E-state index in [4.69, 9.17) is 4.74 Å². The molecule has 2 saturated heterocycles. The van der Waals surface area contributed by atoms with Gasteiger partial charge < -0.3 is 14.7 Å². The van der Waals surface area contributed by atoms with E-state index < -0.39 is 5.97 Å². The van der Waals surface area contributed by atoms with Gasteiger partial charge in [-0.3, -0.25) is 9.69 Å². The first-order valence-electron chi connectivity index (χ1n) is 8.33. The molecule has 0 unspecified atom stereocenters. The molecule has 9 heteroatoms. The number of benzene rings is 1. The van der Waals surface area contributed by atoms with Crippen LogP contribution in [-0.4, -0.2) is 81.6 Å². The molecule has 2 fully saturated rings. The number of anilines is 1. The van der Waals surface area contributed by atoms with Gasteiger partial charge in [-0.05, 0) is 22.6 Å². The lowest BCUT2D eigenvalue weighted by Crippen LogP contribution is -2.46. The minimum absolute atomic E-state index is 0.00419. The lowest BCUT2D eigenvalue weighted by Gasteiger charge is -2.30. The summed E-state index contributed by atoms with van der Waals surface area (Å²) in [6, 6.07) is 9.76. The molecule has 2 aromatic rings. The summed E-state index contributed by atoms with van der Waals surface area (Å²) in [5, 5.41) is 21.4. The van der Waals surface area contributed by atoms with E-state index in [2.05, 4.69) is 20.4 Å². The van der Waals surface area contributed by atoms with E-state index in [1.807, 2.05) is 35.2 Å². The predicted octanol–water partition coefficient (Wildman–Crippen LogP) is -0.116. The molecule has 132 valence electrons. The molecule has 2 atom stereocenters. The Morgan fingerprint density at radius 2 is 2.04 bits per heavy atom. The Kier molecular flexibility index (Phi) is 4.33. The minimum Gasteiger partial charge on any atom is -0.480 e. The average molecular weight is 344 g/mol. The molecule has 1 N–H and O–H groups in total. The molecule has 1 aromatic heterocycles. The Hall–Kier alpha value is -2.52. The fourth-order valence-corrected chi connectivity index (χ4v) is 3.58. The summed E-state index contributed by atoms with van der Waals surface area (Å²) in [6.07, 6.45) is 0. The highest BCUT2D eigenvalue weighted by molar-refractivity contribution is 5.69. The summed E-state index contributed by atoms with van der Waals surface area (Å²) in [5.41, 5.74) is 0.899. The van der Waals surface area contributed by atoms with E-state index >= 15 is 0 Å². The Labute approximate surface area is 144 Å². The Balaban J connectivity index is 1.62. The zero-order valence-corrected chi connectivity index (χ0v) is 13.7. The molecule has 2 aliphatic heterocycles. The van der Waals surface area contributed by atoms with Crippen LogP contribution in [0.4, 0.5) is 5.95 Å². The molecule has 0 saturated carbocycles. The number of rotatable bonds is 4. The third kappa shape index (κ3) is 3.33. The molecular weight excluding hydrogens is 324 g/mol. The van der Waals surface area contributed by atoms with E-state index in [0.717, 1.165) is 12.2 Å². The van der Waals surface area contributed by atoms with Gasteiger partial charge in [0.2, 0.25) is 5.95 Å². The van der Waals surface area contributed by atoms with Crippen LogP contribution in [0.3, 0.4) is 0 Å². The molecule has 25 heavy (non-hydrogen) atoms. The summed E-state index contributed by atoms with van der Waals surface area (Å²) in [7, 11) is 0. The van der Waals surface area contributed by atoms with Crippen LogP contribution in [0.25, 0.3) is 5.69 Å². The van der Waals surface area contributed by atoms with Crippen molar-refractivity contribution in [3.8, 4) is 5.69 Å². The fourth-order valence-electron chi connectivity index (χ4n) is 3.58. The van der Waals surface area contributed by atoms with Gasteiger partial charge in [-0.1, -0.05) is 23.3 Å². The third-order valence-corrected chi connectivity index (χ3v) is 4.66. The monoisotopic (exact) mass is 344 g/mol. The summed E-state index contributed by atoms with van der Waals surface area (Å²) in [5.74, 6) is 0.0845. The zero-order valence-electron chi connectivity index (χ0n) is 13.7. The number of ether oxygens (including phenoxy) is 1. The van der Waals surface area contributed by atoms with Gasteiger partial charge in [0, 0.05) is 25.6 Å². The van der Waals surface area contributed by atoms with Crippen molar-refractivity contribution in [1.82, 2.24) is 25.1 Å². The standard InChI is InChI=1S/C16H20N6O3/c23-15(24)9-20-6-12-7-21(8-14(20)11-25-10-12)16-17-18-19-22(16)13-4-2-1-3-5-13/h1-5,12,14H,6-11H2,(H,23,24)/t12-,14+/m1/s1. The van der Waals surface area contributed by atoms with Crippen LogP contribution in [0.2, 0.25) is 0 Å². The third-order valence-electron chi connectivity index (χ3n) is 4.66. The van der Waals surface area contributed by atoms with Gasteiger partial charge in [0.1, 0.15) is 0 Å². The van der Waals surface area contributed by atoms with E-state index in [9.17, 15) is 9.90 Å². The SMILES string of the molecule is O=C(O)CN1C[C@H]2COC[C@@H]1CN(c1nnnn1-c1ccccc1)C2. The Morgan fingerprint density at radius 3 is 2.84 bits per heavy atom. The smallest absolute Gasteiger partial charge is 0.317 e.